The van der Waals surface area contributed by atoms with Gasteiger partial charge in [-0.25, -0.2) is 52.4 Å². The first-order chi connectivity index (χ1) is 37.9. The van der Waals surface area contributed by atoms with Crippen molar-refractivity contribution in [1.29, 1.82) is 0 Å². The van der Waals surface area contributed by atoms with Gasteiger partial charge in [-0.15, -0.1) is 0 Å². The van der Waals surface area contributed by atoms with Crippen molar-refractivity contribution >= 4 is 39.5 Å². The Bertz CT molecular complexity index is 3410. The highest BCUT2D eigenvalue weighted by molar-refractivity contribution is 6.28. The van der Waals surface area contributed by atoms with Gasteiger partial charge in [0.2, 0.25) is 5.28 Å². The van der Waals surface area contributed by atoms with Crippen LogP contribution in [-0.4, -0.2) is 132 Å². The Labute approximate surface area is 464 Å². The average molecular weight is 1100 g/mol. The summed E-state index contributed by atoms with van der Waals surface area (Å²) in [5, 5.41) is 0.328. The van der Waals surface area contributed by atoms with Crippen LogP contribution in [0, 0.1) is 37.1 Å². The summed E-state index contributed by atoms with van der Waals surface area (Å²) in [6.07, 6.45) is 15.3. The van der Waals surface area contributed by atoms with E-state index in [0.29, 0.717) is 68.5 Å². The van der Waals surface area contributed by atoms with Crippen molar-refractivity contribution in [2.75, 3.05) is 45.0 Å². The number of halogens is 5. The summed E-state index contributed by atoms with van der Waals surface area (Å²) in [7, 11) is 0. The molecule has 4 saturated heterocycles. The van der Waals surface area contributed by atoms with Crippen LogP contribution in [0.5, 0.6) is 0 Å². The van der Waals surface area contributed by atoms with E-state index in [1.54, 1.807) is 18.2 Å². The number of likely N-dealkylation sites (tertiary alicyclic amines) is 2. The van der Waals surface area contributed by atoms with E-state index in [0.717, 1.165) is 73.8 Å². The molecule has 0 radical (unpaired) electrons. The summed E-state index contributed by atoms with van der Waals surface area (Å²) < 4.78 is 62.2. The standard InChI is InChI=1S/C30H35F2N7.C16H16F2N4.C13H19ClN4/c1-5-38-23-6-7-24(38)17-37(16-23)15-20-12-34-29(35-13-20)11-22-10-25(27(32)14-33-22)21-8-26(31)30-28(9-21)39(18(2)3)19(4)36-30;1-8(2)22-9(3)21-16-12(17)4-10(5-14(16)22)11-6-15(19)20-7-13(11)18;1-2-18-11-3-4-12(18)9-17(8-11)7-10-5-15-13(14)16-6-10/h8-10,12-14,18,23-24H,5-7,11,15-17H2,1-4H3;4-8H,1-3H3,(H2,19,20);5-6,11-12H,2-4,7-9H2,1H3. The topological polar surface area (TPSA) is 152 Å². The molecular weight excluding hydrogens is 1030 g/mol. The van der Waals surface area contributed by atoms with Crippen LogP contribution in [0.1, 0.15) is 114 Å². The molecule has 6 aromatic heterocycles. The molecule has 15 nitrogen and oxygen atoms in total. The molecule has 4 bridgehead atoms. The first-order valence-corrected chi connectivity index (χ1v) is 28.0. The number of rotatable bonds is 12. The second-order valence-corrected chi connectivity index (χ2v) is 22.3. The van der Waals surface area contributed by atoms with Crippen molar-refractivity contribution in [1.82, 2.24) is 68.6 Å². The minimum Gasteiger partial charge on any atom is -0.384 e. The lowest BCUT2D eigenvalue weighted by molar-refractivity contribution is 0.0668. The lowest BCUT2D eigenvalue weighted by atomic mass is 10.0. The molecule has 10 heterocycles. The molecule has 0 spiro atoms. The van der Waals surface area contributed by atoms with Crippen molar-refractivity contribution in [3.8, 4) is 22.3 Å². The number of nitrogens with zero attached hydrogens (tertiary/aromatic N) is 14. The number of benzene rings is 2. The maximum atomic E-state index is 15.0. The maximum Gasteiger partial charge on any atom is 0.222 e. The number of nitrogen functional groups attached to an aromatic ring is 1. The van der Waals surface area contributed by atoms with Gasteiger partial charge < -0.3 is 14.9 Å². The number of hydrogen-bond donors (Lipinski definition) is 1. The molecule has 4 fully saturated rings. The minimum atomic E-state index is -0.541. The zero-order chi connectivity index (χ0) is 55.8. The number of likely N-dealkylation sites (N-methyl/N-ethyl adjacent to an activating group) is 2. The second kappa shape index (κ2) is 23.7. The van der Waals surface area contributed by atoms with Crippen molar-refractivity contribution < 1.29 is 17.6 Å². The van der Waals surface area contributed by atoms with Gasteiger partial charge in [-0.1, -0.05) is 13.8 Å². The highest BCUT2D eigenvalue weighted by atomic mass is 35.5. The predicted octanol–water partition coefficient (Wildman–Crippen LogP) is 11.0. The number of pyridine rings is 2. The number of fused-ring (bicyclic) bond motifs is 6. The van der Waals surface area contributed by atoms with E-state index < -0.39 is 23.3 Å². The Morgan fingerprint density at radius 3 is 1.39 bits per heavy atom. The molecule has 2 N–H and O–H groups in total. The zero-order valence-electron chi connectivity index (χ0n) is 46.3. The molecule has 12 rings (SSSR count). The first kappa shape index (κ1) is 55.8. The molecule has 8 aromatic rings. The highest BCUT2D eigenvalue weighted by Gasteiger charge is 2.40. The fourth-order valence-corrected chi connectivity index (χ4v) is 12.8. The first-order valence-electron chi connectivity index (χ1n) is 27.6. The van der Waals surface area contributed by atoms with E-state index in [2.05, 4.69) is 73.3 Å². The molecule has 4 aliphatic rings. The number of aryl methyl sites for hydroxylation is 2. The Morgan fingerprint density at radius 1 is 0.544 bits per heavy atom. The van der Waals surface area contributed by atoms with Crippen LogP contribution < -0.4 is 5.73 Å². The molecule has 0 saturated carbocycles. The quantitative estimate of drug-likeness (QED) is 0.0913. The molecule has 4 aliphatic heterocycles. The second-order valence-electron chi connectivity index (χ2n) is 22.0. The summed E-state index contributed by atoms with van der Waals surface area (Å²) in [5.74, 6) is 0.258. The van der Waals surface area contributed by atoms with Gasteiger partial charge in [-0.05, 0) is 139 Å². The number of anilines is 1. The Morgan fingerprint density at radius 2 is 0.962 bits per heavy atom. The lowest BCUT2D eigenvalue weighted by Gasteiger charge is -2.40. The number of aromatic nitrogens is 10. The van der Waals surface area contributed by atoms with Crippen molar-refractivity contribution in [2.24, 2.45) is 0 Å². The Balaban J connectivity index is 0.000000148. The van der Waals surface area contributed by atoms with Crippen molar-refractivity contribution in [3.05, 3.63) is 136 Å². The monoisotopic (exact) mass is 1100 g/mol. The summed E-state index contributed by atoms with van der Waals surface area (Å²) in [6.45, 7) is 24.9. The number of hydrogen-bond acceptors (Lipinski definition) is 13. The van der Waals surface area contributed by atoms with Gasteiger partial charge in [0.15, 0.2) is 11.6 Å². The van der Waals surface area contributed by atoms with Crippen LogP contribution in [0.15, 0.2) is 73.6 Å². The normalized spacial score (nSPS) is 19.6. The molecule has 4 unspecified atom stereocenters. The van der Waals surface area contributed by atoms with E-state index in [1.807, 2.05) is 75.5 Å². The third-order valence-electron chi connectivity index (χ3n) is 16.0. The molecular formula is C59H70ClF4N15. The van der Waals surface area contributed by atoms with Gasteiger partial charge in [0.05, 0.1) is 29.8 Å². The molecule has 4 atom stereocenters. The average Bonchev–Trinajstić information content (AvgIpc) is 4.23. The van der Waals surface area contributed by atoms with Gasteiger partial charge in [0, 0.05) is 128 Å². The van der Waals surface area contributed by atoms with E-state index in [9.17, 15) is 13.2 Å². The summed E-state index contributed by atoms with van der Waals surface area (Å²) >= 11 is 5.71. The smallest absolute Gasteiger partial charge is 0.222 e. The maximum absolute atomic E-state index is 15.0. The van der Waals surface area contributed by atoms with E-state index in [-0.39, 0.29) is 29.0 Å². The van der Waals surface area contributed by atoms with Crippen LogP contribution in [0.3, 0.4) is 0 Å². The van der Waals surface area contributed by atoms with Crippen molar-refractivity contribution in [2.45, 2.75) is 137 Å². The zero-order valence-corrected chi connectivity index (χ0v) is 47.1. The molecule has 0 aliphatic carbocycles. The van der Waals surface area contributed by atoms with Gasteiger partial charge in [0.1, 0.15) is 46.0 Å². The van der Waals surface area contributed by atoms with Crippen LogP contribution in [0.4, 0.5) is 23.4 Å². The fraction of sp³-hybridized carbons (Fsp3) is 0.458. The summed E-state index contributed by atoms with van der Waals surface area (Å²) in [4.78, 5) is 44.2. The van der Waals surface area contributed by atoms with Gasteiger partial charge >= 0.3 is 0 Å². The van der Waals surface area contributed by atoms with E-state index >= 15 is 4.39 Å². The molecule has 416 valence electrons. The lowest BCUT2D eigenvalue weighted by Crippen LogP contribution is -2.53. The molecule has 79 heavy (non-hydrogen) atoms. The van der Waals surface area contributed by atoms with Crippen LogP contribution in [0.25, 0.3) is 44.3 Å². The van der Waals surface area contributed by atoms with Crippen LogP contribution in [0.2, 0.25) is 5.28 Å². The van der Waals surface area contributed by atoms with E-state index in [4.69, 9.17) is 17.3 Å². The fourth-order valence-electron chi connectivity index (χ4n) is 12.7. The third kappa shape index (κ3) is 12.0. The SMILES string of the molecule is CCN1C2CCC1CN(Cc1cnc(Cc3cc(-c4cc(F)c5nc(C)n(C(C)C)c5c4)c(F)cn3)nc1)C2.CCN1C2CCC1CN(Cc1cnc(Cl)nc1)C2.Cc1nc2c(F)cc(-c3cc(N)ncc3F)cc2n1C(C)C. The largest absolute Gasteiger partial charge is 0.384 e. The highest BCUT2D eigenvalue weighted by Crippen LogP contribution is 2.35. The Kier molecular flexibility index (Phi) is 16.7. The minimum absolute atomic E-state index is 0.0960. The van der Waals surface area contributed by atoms with Crippen molar-refractivity contribution in [3.63, 3.8) is 0 Å². The van der Waals surface area contributed by atoms with E-state index in [1.165, 1.54) is 69.7 Å². The number of imidazole rings is 2. The predicted molar refractivity (Wildman–Crippen MR) is 301 cm³/mol. The summed E-state index contributed by atoms with van der Waals surface area (Å²) in [5.41, 5.74) is 11.8. The third-order valence-corrected chi connectivity index (χ3v) is 16.2. The Hall–Kier alpha value is -6.51. The molecule has 0 amide bonds. The molecule has 20 heteroatoms. The van der Waals surface area contributed by atoms with Crippen LogP contribution >= 0.6 is 11.6 Å². The number of piperazine rings is 2. The van der Waals surface area contributed by atoms with Gasteiger partial charge in [-0.2, -0.15) is 0 Å². The molecule has 2 aromatic carbocycles. The van der Waals surface area contributed by atoms with Gasteiger partial charge in [0.25, 0.3) is 0 Å². The van der Waals surface area contributed by atoms with Crippen LogP contribution in [-0.2, 0) is 19.5 Å². The number of nitrogens with two attached hydrogens (primary N) is 1. The summed E-state index contributed by atoms with van der Waals surface area (Å²) in [6, 6.07) is 12.3. The van der Waals surface area contributed by atoms with Gasteiger partial charge in [-0.3, -0.25) is 24.6 Å².